The molecule has 4 saturated heterocycles. The van der Waals surface area contributed by atoms with Gasteiger partial charge >= 0.3 is 0 Å². The normalized spacial score (nSPS) is 34.7. The minimum Gasteiger partial charge on any atom is -0.350 e. The highest BCUT2D eigenvalue weighted by Crippen LogP contribution is 2.47. The lowest BCUT2D eigenvalue weighted by Gasteiger charge is -2.48. The van der Waals surface area contributed by atoms with Gasteiger partial charge in [-0.05, 0) is 62.4 Å². The van der Waals surface area contributed by atoms with E-state index in [2.05, 4.69) is 53.3 Å². The number of carbonyl (C=O) groups is 3. The Balaban J connectivity index is 1.08. The van der Waals surface area contributed by atoms with E-state index in [4.69, 9.17) is 4.74 Å². The van der Waals surface area contributed by atoms with Crippen LogP contribution in [0.3, 0.4) is 0 Å². The molecule has 8 rings (SSSR count). The number of hydrogen-bond donors (Lipinski definition) is 2. The number of aryl methyl sites for hydroxylation is 1. The van der Waals surface area contributed by atoms with Crippen LogP contribution in [-0.4, -0.2) is 92.0 Å². The van der Waals surface area contributed by atoms with Crippen LogP contribution >= 0.6 is 0 Å². The second-order valence-corrected chi connectivity index (χ2v) is 13.6. The summed E-state index contributed by atoms with van der Waals surface area (Å²) in [6.45, 7) is 2.56. The Morgan fingerprint density at radius 2 is 1.91 bits per heavy atom. The summed E-state index contributed by atoms with van der Waals surface area (Å²) in [6, 6.07) is 14.6. The first-order valence-corrected chi connectivity index (χ1v) is 15.8. The molecule has 1 aliphatic carbocycles. The number of aliphatic hydroxyl groups is 1. The molecule has 7 atom stereocenters. The van der Waals surface area contributed by atoms with E-state index in [1.807, 2.05) is 30.3 Å². The van der Waals surface area contributed by atoms with E-state index >= 15 is 0 Å². The Morgan fingerprint density at radius 3 is 2.70 bits per heavy atom. The van der Waals surface area contributed by atoms with Crippen molar-refractivity contribution in [1.29, 1.82) is 0 Å². The van der Waals surface area contributed by atoms with Crippen LogP contribution in [0.15, 0.2) is 54.7 Å². The number of nitrogens with one attached hydrogen (secondary N) is 1. The maximum atomic E-state index is 14.2. The first kappa shape index (κ1) is 27.8. The summed E-state index contributed by atoms with van der Waals surface area (Å²) in [5.74, 6) is -3.30. The lowest BCUT2D eigenvalue weighted by Crippen LogP contribution is -2.71. The van der Waals surface area contributed by atoms with Crippen LogP contribution in [-0.2, 0) is 39.0 Å². The molecule has 3 aromatic rings. The summed E-state index contributed by atoms with van der Waals surface area (Å²) in [6.07, 6.45) is 5.27. The second kappa shape index (κ2) is 9.63. The maximum absolute atomic E-state index is 14.2. The molecule has 4 fully saturated rings. The van der Waals surface area contributed by atoms with E-state index in [1.54, 1.807) is 4.90 Å². The maximum Gasteiger partial charge on any atom is 0.280 e. The number of benzene rings is 2. The van der Waals surface area contributed by atoms with Gasteiger partial charge in [-0.25, -0.2) is 0 Å². The molecule has 0 spiro atoms. The van der Waals surface area contributed by atoms with E-state index in [1.165, 1.54) is 33.9 Å². The third-order valence-corrected chi connectivity index (χ3v) is 10.9. The summed E-state index contributed by atoms with van der Waals surface area (Å²) in [4.78, 5) is 47.1. The van der Waals surface area contributed by atoms with E-state index in [-0.39, 0.29) is 36.1 Å². The van der Waals surface area contributed by atoms with Crippen molar-refractivity contribution in [3.05, 3.63) is 71.4 Å². The molecule has 5 heterocycles. The number of ether oxygens (including phenoxy) is 1. The first-order chi connectivity index (χ1) is 21.1. The van der Waals surface area contributed by atoms with Crippen LogP contribution in [0, 0.1) is 5.92 Å². The van der Waals surface area contributed by atoms with Gasteiger partial charge < -0.3 is 24.8 Å². The quantitative estimate of drug-likeness (QED) is 0.477. The standard InChI is InChI=1S/C34H39N5O5/c1-33(32(42)39-27(15-20-9-5-4-6-10-20)31(41)38-14-8-13-28(38)34(39,43)44-33)35-30(40)22-16-24-23-11-7-12-25-29(23)21(18-36(25)2)17-26(24)37(3)19-22/h4-7,9-12,18,22,24,26-28,43H,8,13-17,19H2,1-3H3,(H,35,40). The Bertz CT molecular complexity index is 1690. The number of hydrogen-bond acceptors (Lipinski definition) is 6. The number of likely N-dealkylation sites (tertiary alicyclic amines) is 1. The molecule has 0 radical (unpaired) electrons. The predicted octanol–water partition coefficient (Wildman–Crippen LogP) is 2.09. The van der Waals surface area contributed by atoms with Gasteiger partial charge in [0.05, 0.1) is 5.92 Å². The van der Waals surface area contributed by atoms with Crippen LogP contribution in [0.2, 0.25) is 0 Å². The average Bonchev–Trinajstić information content (AvgIpc) is 3.68. The van der Waals surface area contributed by atoms with E-state index in [9.17, 15) is 19.5 Å². The minimum atomic E-state index is -2.03. The van der Waals surface area contributed by atoms with Gasteiger partial charge in [0.15, 0.2) is 0 Å². The second-order valence-electron chi connectivity index (χ2n) is 13.6. The van der Waals surface area contributed by atoms with Crippen molar-refractivity contribution in [1.82, 2.24) is 24.6 Å². The summed E-state index contributed by atoms with van der Waals surface area (Å²) in [5, 5.41) is 16.3. The van der Waals surface area contributed by atoms with Crippen molar-refractivity contribution in [2.45, 2.75) is 74.7 Å². The molecule has 0 saturated carbocycles. The monoisotopic (exact) mass is 597 g/mol. The number of fused-ring (bicyclic) bond motifs is 5. The van der Waals surface area contributed by atoms with Crippen LogP contribution in [0.4, 0.5) is 0 Å². The molecule has 1 aromatic heterocycles. The lowest BCUT2D eigenvalue weighted by molar-refractivity contribution is -0.315. The van der Waals surface area contributed by atoms with Gasteiger partial charge in [0, 0.05) is 55.6 Å². The Hall–Kier alpha value is -3.73. The number of aromatic nitrogens is 1. The van der Waals surface area contributed by atoms with Crippen molar-refractivity contribution in [2.75, 3.05) is 20.1 Å². The zero-order chi connectivity index (χ0) is 30.5. The molecule has 10 heteroatoms. The van der Waals surface area contributed by atoms with E-state index in [0.29, 0.717) is 32.4 Å². The van der Waals surface area contributed by atoms with Crippen molar-refractivity contribution < 1.29 is 24.2 Å². The van der Waals surface area contributed by atoms with Crippen LogP contribution < -0.4 is 5.32 Å². The smallest absolute Gasteiger partial charge is 0.280 e. The molecule has 230 valence electrons. The van der Waals surface area contributed by atoms with Gasteiger partial charge in [-0.2, -0.15) is 0 Å². The fourth-order valence-electron chi connectivity index (χ4n) is 8.93. The molecule has 5 aliphatic rings. The van der Waals surface area contributed by atoms with Gasteiger partial charge in [0.1, 0.15) is 12.1 Å². The number of nitrogens with zero attached hydrogens (tertiary/aromatic N) is 4. The summed E-state index contributed by atoms with van der Waals surface area (Å²) >= 11 is 0. The SMILES string of the molecule is CN1CC(C(=O)NC2(C)OC3(O)C4CCCN4C(=O)C(Cc4ccccc4)N3C2=O)CC2c3cccc4c3c(cn4C)CC21. The third-order valence-electron chi connectivity index (χ3n) is 10.9. The fourth-order valence-corrected chi connectivity index (χ4v) is 8.93. The highest BCUT2D eigenvalue weighted by Gasteiger charge is 2.70. The van der Waals surface area contributed by atoms with Gasteiger partial charge in [-0.15, -0.1) is 0 Å². The fraction of sp³-hybridized carbons (Fsp3) is 0.500. The highest BCUT2D eigenvalue weighted by molar-refractivity contribution is 5.97. The largest absolute Gasteiger partial charge is 0.350 e. The minimum absolute atomic E-state index is 0.173. The van der Waals surface area contributed by atoms with Crippen molar-refractivity contribution >= 4 is 28.6 Å². The molecular formula is C34H39N5O5. The van der Waals surface area contributed by atoms with Gasteiger partial charge in [0.2, 0.25) is 17.5 Å². The third kappa shape index (κ3) is 3.87. The average molecular weight is 598 g/mol. The van der Waals surface area contributed by atoms with E-state index in [0.717, 1.165) is 12.0 Å². The highest BCUT2D eigenvalue weighted by atomic mass is 16.7. The Morgan fingerprint density at radius 1 is 1.11 bits per heavy atom. The summed E-state index contributed by atoms with van der Waals surface area (Å²) in [5.41, 5.74) is 2.88. The van der Waals surface area contributed by atoms with Gasteiger partial charge in [-0.3, -0.25) is 24.0 Å². The van der Waals surface area contributed by atoms with Crippen molar-refractivity contribution in [2.24, 2.45) is 13.0 Å². The van der Waals surface area contributed by atoms with Gasteiger partial charge in [-0.1, -0.05) is 42.5 Å². The Kier molecular flexibility index (Phi) is 6.08. The molecule has 0 bridgehead atoms. The molecule has 4 aliphatic heterocycles. The van der Waals surface area contributed by atoms with E-state index < -0.39 is 29.6 Å². The zero-order valence-corrected chi connectivity index (χ0v) is 25.4. The number of piperazine rings is 1. The molecule has 2 aromatic carbocycles. The topological polar surface area (TPSA) is 107 Å². The number of likely N-dealkylation sites (N-methyl/N-ethyl adjacent to an activating group) is 1. The number of carbonyl (C=O) groups excluding carboxylic acids is 3. The first-order valence-electron chi connectivity index (χ1n) is 15.8. The van der Waals surface area contributed by atoms with Gasteiger partial charge in [0.25, 0.3) is 11.8 Å². The molecular weight excluding hydrogens is 558 g/mol. The summed E-state index contributed by atoms with van der Waals surface area (Å²) in [7, 11) is 4.15. The van der Waals surface area contributed by atoms with Crippen molar-refractivity contribution in [3.63, 3.8) is 0 Å². The van der Waals surface area contributed by atoms with Crippen LogP contribution in [0.5, 0.6) is 0 Å². The number of amides is 3. The molecule has 2 N–H and O–H groups in total. The molecule has 44 heavy (non-hydrogen) atoms. The van der Waals surface area contributed by atoms with Crippen LogP contribution in [0.25, 0.3) is 10.9 Å². The molecule has 7 unspecified atom stereocenters. The lowest BCUT2D eigenvalue weighted by atomic mass is 9.72. The Labute approximate surface area is 256 Å². The van der Waals surface area contributed by atoms with Crippen LogP contribution in [0.1, 0.15) is 48.8 Å². The number of piperidine rings is 1. The number of rotatable bonds is 4. The molecule has 10 nitrogen and oxygen atoms in total. The summed E-state index contributed by atoms with van der Waals surface area (Å²) < 4.78 is 8.44. The predicted molar refractivity (Wildman–Crippen MR) is 162 cm³/mol. The van der Waals surface area contributed by atoms with Crippen molar-refractivity contribution in [3.8, 4) is 0 Å². The molecule has 3 amide bonds. The zero-order valence-electron chi connectivity index (χ0n) is 25.4.